The molecule has 1 amide bonds. The van der Waals surface area contributed by atoms with Crippen molar-refractivity contribution in [2.24, 2.45) is 5.92 Å². The van der Waals surface area contributed by atoms with E-state index in [1.165, 1.54) is 5.56 Å². The van der Waals surface area contributed by atoms with Crippen molar-refractivity contribution in [3.05, 3.63) is 64.1 Å². The molecule has 6 rings (SSSR count). The second kappa shape index (κ2) is 6.78. The van der Waals surface area contributed by atoms with Crippen LogP contribution in [-0.4, -0.2) is 59.5 Å². The van der Waals surface area contributed by atoms with E-state index in [1.54, 1.807) is 25.4 Å². The summed E-state index contributed by atoms with van der Waals surface area (Å²) in [5, 5.41) is 0. The number of rotatable bonds is 3. The van der Waals surface area contributed by atoms with Gasteiger partial charge in [-0.2, -0.15) is 0 Å². The van der Waals surface area contributed by atoms with Crippen LogP contribution in [0.2, 0.25) is 0 Å². The Labute approximate surface area is 164 Å². The summed E-state index contributed by atoms with van der Waals surface area (Å²) < 4.78 is 5.43. The lowest BCUT2D eigenvalue weighted by molar-refractivity contribution is -0.00347. The maximum Gasteiger partial charge on any atom is 0.260 e. The van der Waals surface area contributed by atoms with E-state index < -0.39 is 0 Å². The van der Waals surface area contributed by atoms with Crippen molar-refractivity contribution in [2.45, 2.75) is 30.8 Å². The van der Waals surface area contributed by atoms with Gasteiger partial charge < -0.3 is 14.6 Å². The van der Waals surface area contributed by atoms with Crippen LogP contribution in [0.15, 0.2) is 47.4 Å². The molecule has 1 N–H and O–H groups in total. The number of ether oxygens (including phenoxy) is 1. The Hall–Kier alpha value is -2.60. The highest BCUT2D eigenvalue weighted by atomic mass is 16.5. The number of carbonyl (C=O) groups excluding carboxylic acids is 1. The number of amides is 1. The van der Waals surface area contributed by atoms with Crippen LogP contribution in [0, 0.1) is 5.92 Å². The SMILES string of the molecule is COc1cccc([C@@H]2CN(C(=O)c3ccc[nH]c3=O)[C@H]3C4CCN(CC4)[C@@H]23)c1. The van der Waals surface area contributed by atoms with E-state index in [4.69, 9.17) is 4.74 Å². The minimum absolute atomic E-state index is 0.143. The van der Waals surface area contributed by atoms with E-state index in [0.717, 1.165) is 31.7 Å². The van der Waals surface area contributed by atoms with Gasteiger partial charge in [0.2, 0.25) is 0 Å². The van der Waals surface area contributed by atoms with Gasteiger partial charge in [-0.25, -0.2) is 0 Å². The quantitative estimate of drug-likeness (QED) is 0.887. The highest BCUT2D eigenvalue weighted by molar-refractivity contribution is 5.94. The summed E-state index contributed by atoms with van der Waals surface area (Å²) in [4.78, 5) is 32.8. The molecule has 4 saturated heterocycles. The monoisotopic (exact) mass is 379 g/mol. The number of hydrogen-bond acceptors (Lipinski definition) is 4. The lowest BCUT2D eigenvalue weighted by Gasteiger charge is -2.51. The molecule has 0 aliphatic carbocycles. The van der Waals surface area contributed by atoms with Crippen LogP contribution in [0.1, 0.15) is 34.7 Å². The van der Waals surface area contributed by atoms with Gasteiger partial charge in [0.15, 0.2) is 0 Å². The first kappa shape index (κ1) is 17.5. The van der Waals surface area contributed by atoms with Crippen LogP contribution in [0.25, 0.3) is 0 Å². The molecule has 1 aromatic heterocycles. The zero-order valence-electron chi connectivity index (χ0n) is 16.0. The van der Waals surface area contributed by atoms with E-state index in [0.29, 0.717) is 18.5 Å². The molecule has 4 aliphatic heterocycles. The van der Waals surface area contributed by atoms with Crippen LogP contribution >= 0.6 is 0 Å². The van der Waals surface area contributed by atoms with Crippen molar-refractivity contribution < 1.29 is 9.53 Å². The molecular formula is C22H25N3O3. The second-order valence-electron chi connectivity index (χ2n) is 8.11. The fraction of sp³-hybridized carbons (Fsp3) is 0.455. The smallest absolute Gasteiger partial charge is 0.260 e. The molecule has 0 saturated carbocycles. The van der Waals surface area contributed by atoms with Crippen molar-refractivity contribution >= 4 is 5.91 Å². The van der Waals surface area contributed by atoms with Gasteiger partial charge in [-0.3, -0.25) is 14.5 Å². The van der Waals surface area contributed by atoms with Crippen LogP contribution in [0.4, 0.5) is 0 Å². The number of H-pyrrole nitrogens is 1. The van der Waals surface area contributed by atoms with Gasteiger partial charge in [-0.05, 0) is 61.7 Å². The van der Waals surface area contributed by atoms with Crippen molar-refractivity contribution in [3.8, 4) is 5.75 Å². The van der Waals surface area contributed by atoms with Gasteiger partial charge in [0.05, 0.1) is 13.2 Å². The molecule has 0 unspecified atom stereocenters. The number of likely N-dealkylation sites (tertiary alicyclic amines) is 1. The first-order valence-electron chi connectivity index (χ1n) is 10.0. The number of aromatic amines is 1. The summed E-state index contributed by atoms with van der Waals surface area (Å²) in [5.41, 5.74) is 1.14. The minimum atomic E-state index is -0.310. The van der Waals surface area contributed by atoms with E-state index in [2.05, 4.69) is 22.0 Å². The second-order valence-corrected chi connectivity index (χ2v) is 8.11. The number of benzene rings is 1. The summed E-state index contributed by atoms with van der Waals surface area (Å²) in [5.74, 6) is 1.44. The third-order valence-electron chi connectivity index (χ3n) is 6.83. The van der Waals surface area contributed by atoms with Gasteiger partial charge in [0.25, 0.3) is 11.5 Å². The van der Waals surface area contributed by atoms with Crippen molar-refractivity contribution in [1.29, 1.82) is 0 Å². The summed E-state index contributed by atoms with van der Waals surface area (Å²) in [7, 11) is 1.68. The molecule has 6 nitrogen and oxygen atoms in total. The van der Waals surface area contributed by atoms with Crippen LogP contribution in [0.5, 0.6) is 5.75 Å². The molecule has 3 atom stereocenters. The zero-order valence-corrected chi connectivity index (χ0v) is 16.0. The maximum absolute atomic E-state index is 13.4. The Morgan fingerprint density at radius 2 is 1.96 bits per heavy atom. The van der Waals surface area contributed by atoms with E-state index in [-0.39, 0.29) is 29.0 Å². The lowest BCUT2D eigenvalue weighted by atomic mass is 9.75. The van der Waals surface area contributed by atoms with Crippen LogP contribution < -0.4 is 10.3 Å². The van der Waals surface area contributed by atoms with Crippen molar-refractivity contribution in [1.82, 2.24) is 14.8 Å². The fourth-order valence-corrected chi connectivity index (χ4v) is 5.56. The maximum atomic E-state index is 13.4. The summed E-state index contributed by atoms with van der Waals surface area (Å²) >= 11 is 0. The predicted octanol–water partition coefficient (Wildman–Crippen LogP) is 2.09. The van der Waals surface area contributed by atoms with Gasteiger partial charge in [-0.15, -0.1) is 0 Å². The van der Waals surface area contributed by atoms with Crippen molar-refractivity contribution in [2.75, 3.05) is 26.7 Å². The number of methoxy groups -OCH3 is 1. The van der Waals surface area contributed by atoms with E-state index in [9.17, 15) is 9.59 Å². The average Bonchev–Trinajstić information content (AvgIpc) is 3.17. The molecule has 2 aromatic rings. The molecule has 0 spiro atoms. The van der Waals surface area contributed by atoms with Crippen molar-refractivity contribution in [3.63, 3.8) is 0 Å². The molecule has 4 fully saturated rings. The Kier molecular flexibility index (Phi) is 4.23. The number of pyridine rings is 1. The molecule has 6 heteroatoms. The Morgan fingerprint density at radius 1 is 1.14 bits per heavy atom. The van der Waals surface area contributed by atoms with E-state index in [1.807, 2.05) is 17.0 Å². The normalized spacial score (nSPS) is 30.9. The number of aromatic nitrogens is 1. The number of nitrogens with zero attached hydrogens (tertiary/aromatic N) is 2. The third-order valence-corrected chi connectivity index (χ3v) is 6.83. The highest BCUT2D eigenvalue weighted by Gasteiger charge is 2.54. The third kappa shape index (κ3) is 2.66. The highest BCUT2D eigenvalue weighted by Crippen LogP contribution is 2.47. The first-order chi connectivity index (χ1) is 13.7. The molecule has 4 aliphatic rings. The minimum Gasteiger partial charge on any atom is -0.497 e. The lowest BCUT2D eigenvalue weighted by Crippen LogP contribution is -2.60. The van der Waals surface area contributed by atoms with Crippen LogP contribution in [0.3, 0.4) is 0 Å². The number of fused-ring (bicyclic) bond motifs is 2. The van der Waals surface area contributed by atoms with Gasteiger partial charge in [0.1, 0.15) is 11.3 Å². The molecule has 146 valence electrons. The Morgan fingerprint density at radius 3 is 2.71 bits per heavy atom. The largest absolute Gasteiger partial charge is 0.497 e. The van der Waals surface area contributed by atoms with Crippen LogP contribution in [-0.2, 0) is 0 Å². The fourth-order valence-electron chi connectivity index (χ4n) is 5.56. The van der Waals surface area contributed by atoms with E-state index >= 15 is 0 Å². The van der Waals surface area contributed by atoms with Gasteiger partial charge in [-0.1, -0.05) is 12.1 Å². The summed E-state index contributed by atoms with van der Waals surface area (Å²) in [6.45, 7) is 2.84. The summed E-state index contributed by atoms with van der Waals surface area (Å²) in [6, 6.07) is 12.0. The number of carbonyl (C=O) groups is 1. The topological polar surface area (TPSA) is 65.6 Å². The molecule has 0 radical (unpaired) electrons. The first-order valence-corrected chi connectivity index (χ1v) is 10.0. The number of hydrogen-bond donors (Lipinski definition) is 1. The molecule has 2 bridgehead atoms. The average molecular weight is 379 g/mol. The zero-order chi connectivity index (χ0) is 19.3. The predicted molar refractivity (Wildman–Crippen MR) is 106 cm³/mol. The van der Waals surface area contributed by atoms with Gasteiger partial charge >= 0.3 is 0 Å². The molecule has 5 heterocycles. The summed E-state index contributed by atoms with van der Waals surface area (Å²) in [6.07, 6.45) is 3.82. The Bertz CT molecular complexity index is 948. The molecular weight excluding hydrogens is 354 g/mol. The molecule has 1 aromatic carbocycles. The number of piperidine rings is 3. The standard InChI is InChI=1S/C22H25N3O3/c1-28-16-5-2-4-15(12-16)18-13-25(22(27)17-6-3-9-23-21(17)26)19-14-7-10-24(11-8-14)20(18)19/h2-6,9,12,14,18-20H,7-8,10-11,13H2,1H3,(H,23,26)/t18-,19-,20-/m0/s1. The Balaban J connectivity index is 1.55. The number of nitrogens with one attached hydrogen (secondary N) is 1. The molecule has 28 heavy (non-hydrogen) atoms. The van der Waals surface area contributed by atoms with Gasteiger partial charge in [0, 0.05) is 24.7 Å².